The first-order valence-corrected chi connectivity index (χ1v) is 11.2. The number of carbonyl (C=O) groups excluding carboxylic acids is 2. The Bertz CT molecular complexity index is 1100. The van der Waals surface area contributed by atoms with Crippen molar-refractivity contribution >= 4 is 11.9 Å². The van der Waals surface area contributed by atoms with E-state index < -0.39 is 5.60 Å². The number of hydrogen-bond donors (Lipinski definition) is 1. The van der Waals surface area contributed by atoms with E-state index in [-0.39, 0.29) is 29.5 Å². The third-order valence-electron chi connectivity index (χ3n) is 5.90. The molecular formula is C28H30FNO4. The summed E-state index contributed by atoms with van der Waals surface area (Å²) in [5, 5.41) is 3.03. The number of halogens is 1. The Morgan fingerprint density at radius 2 is 1.53 bits per heavy atom. The van der Waals surface area contributed by atoms with E-state index in [1.165, 1.54) is 31.4 Å². The fourth-order valence-corrected chi connectivity index (χ4v) is 3.82. The van der Waals surface area contributed by atoms with Gasteiger partial charge in [-0.2, -0.15) is 0 Å². The molecule has 0 aliphatic carbocycles. The van der Waals surface area contributed by atoms with Crippen molar-refractivity contribution in [1.82, 2.24) is 5.32 Å². The van der Waals surface area contributed by atoms with Crippen molar-refractivity contribution < 1.29 is 23.5 Å². The van der Waals surface area contributed by atoms with E-state index in [0.29, 0.717) is 17.9 Å². The molecule has 2 atom stereocenters. The third-order valence-corrected chi connectivity index (χ3v) is 5.90. The first kappa shape index (κ1) is 25.0. The molecule has 2 unspecified atom stereocenters. The van der Waals surface area contributed by atoms with Gasteiger partial charge in [-0.1, -0.05) is 49.4 Å². The molecule has 0 bridgehead atoms. The summed E-state index contributed by atoms with van der Waals surface area (Å²) in [6, 6.07) is 22.9. The normalized spacial score (nSPS) is 13.0. The van der Waals surface area contributed by atoms with Crippen LogP contribution >= 0.6 is 0 Å². The first-order valence-electron chi connectivity index (χ1n) is 11.2. The maximum atomic E-state index is 13.2. The molecule has 1 N–H and O–H groups in total. The molecule has 0 saturated carbocycles. The molecule has 0 radical (unpaired) electrons. The van der Waals surface area contributed by atoms with Crippen LogP contribution in [0.1, 0.15) is 54.1 Å². The smallest absolute Gasteiger partial charge is 0.337 e. The second-order valence-electron chi connectivity index (χ2n) is 8.70. The van der Waals surface area contributed by atoms with Crippen LogP contribution in [0.3, 0.4) is 0 Å². The van der Waals surface area contributed by atoms with Crippen molar-refractivity contribution in [2.75, 3.05) is 13.7 Å². The molecule has 6 heteroatoms. The molecule has 1 amide bonds. The van der Waals surface area contributed by atoms with Crippen molar-refractivity contribution in [3.8, 4) is 5.75 Å². The van der Waals surface area contributed by atoms with Gasteiger partial charge in [0.2, 0.25) is 0 Å². The number of carbonyl (C=O) groups is 2. The highest BCUT2D eigenvalue weighted by molar-refractivity contribution is 5.89. The van der Waals surface area contributed by atoms with E-state index in [2.05, 4.69) is 12.2 Å². The Hall–Kier alpha value is -3.67. The van der Waals surface area contributed by atoms with Gasteiger partial charge in [-0.15, -0.1) is 0 Å². The van der Waals surface area contributed by atoms with E-state index >= 15 is 0 Å². The van der Waals surface area contributed by atoms with Gasteiger partial charge in [0.05, 0.1) is 12.7 Å². The Labute approximate surface area is 199 Å². The monoisotopic (exact) mass is 463 g/mol. The van der Waals surface area contributed by atoms with Crippen LogP contribution in [0, 0.1) is 5.82 Å². The summed E-state index contributed by atoms with van der Waals surface area (Å²) in [6.45, 7) is 5.84. The molecule has 0 aliphatic rings. The summed E-state index contributed by atoms with van der Waals surface area (Å²) in [7, 11) is 1.36. The Morgan fingerprint density at radius 3 is 2.12 bits per heavy atom. The van der Waals surface area contributed by atoms with E-state index in [9.17, 15) is 14.0 Å². The standard InChI is InChI=1S/C28H30FNO4/c1-19(20-10-12-22(13-11-20)26(31)33-4)25(21-8-6-5-7-9-21)18-30-27(32)28(2,3)34-24-16-14-23(29)15-17-24/h5-17,19,25H,18H2,1-4H3,(H,30,32). The molecule has 0 fully saturated rings. The highest BCUT2D eigenvalue weighted by Crippen LogP contribution is 2.33. The lowest BCUT2D eigenvalue weighted by Gasteiger charge is -2.29. The van der Waals surface area contributed by atoms with Gasteiger partial charge in [0.1, 0.15) is 11.6 Å². The predicted molar refractivity (Wildman–Crippen MR) is 129 cm³/mol. The topological polar surface area (TPSA) is 64.6 Å². The lowest BCUT2D eigenvalue weighted by Crippen LogP contribution is -2.47. The number of nitrogens with one attached hydrogen (secondary N) is 1. The largest absolute Gasteiger partial charge is 0.478 e. The fourth-order valence-electron chi connectivity index (χ4n) is 3.82. The SMILES string of the molecule is COC(=O)c1ccc(C(C)C(CNC(=O)C(C)(C)Oc2ccc(F)cc2)c2ccccc2)cc1. The number of esters is 1. The van der Waals surface area contributed by atoms with Crippen LogP contribution in [0.4, 0.5) is 4.39 Å². The van der Waals surface area contributed by atoms with Crippen molar-refractivity contribution in [2.45, 2.75) is 38.2 Å². The highest BCUT2D eigenvalue weighted by atomic mass is 19.1. The quantitative estimate of drug-likeness (QED) is 0.427. The van der Waals surface area contributed by atoms with Crippen LogP contribution in [0.15, 0.2) is 78.9 Å². The number of methoxy groups -OCH3 is 1. The van der Waals surface area contributed by atoms with Crippen molar-refractivity contribution in [3.05, 3.63) is 101 Å². The zero-order chi connectivity index (χ0) is 24.7. The van der Waals surface area contributed by atoms with Crippen LogP contribution < -0.4 is 10.1 Å². The highest BCUT2D eigenvalue weighted by Gasteiger charge is 2.31. The van der Waals surface area contributed by atoms with Crippen LogP contribution in [-0.2, 0) is 9.53 Å². The molecule has 0 spiro atoms. The molecule has 5 nitrogen and oxygen atoms in total. The molecular weight excluding hydrogens is 433 g/mol. The minimum absolute atomic E-state index is 0.0178. The summed E-state index contributed by atoms with van der Waals surface area (Å²) in [4.78, 5) is 24.8. The van der Waals surface area contributed by atoms with Crippen LogP contribution in [0.5, 0.6) is 5.75 Å². The van der Waals surface area contributed by atoms with Gasteiger partial charge in [-0.25, -0.2) is 9.18 Å². The molecule has 3 aromatic carbocycles. The van der Waals surface area contributed by atoms with Gasteiger partial charge in [0, 0.05) is 12.5 Å². The molecule has 3 aromatic rings. The summed E-state index contributed by atoms with van der Waals surface area (Å²) in [5.74, 6) is -0.569. The van der Waals surface area contributed by atoms with Gasteiger partial charge >= 0.3 is 5.97 Å². The molecule has 0 aliphatic heterocycles. The predicted octanol–water partition coefficient (Wildman–Crippen LogP) is 5.47. The van der Waals surface area contributed by atoms with Gasteiger partial charge in [0.25, 0.3) is 5.91 Å². The average Bonchev–Trinajstić information content (AvgIpc) is 2.85. The van der Waals surface area contributed by atoms with E-state index in [1.807, 2.05) is 42.5 Å². The van der Waals surface area contributed by atoms with Crippen LogP contribution in [0.2, 0.25) is 0 Å². The minimum atomic E-state index is -1.15. The number of benzene rings is 3. The second kappa shape index (κ2) is 11.0. The van der Waals surface area contributed by atoms with Gasteiger partial charge in [0.15, 0.2) is 5.60 Å². The molecule has 0 aromatic heterocycles. The van der Waals surface area contributed by atoms with E-state index in [4.69, 9.17) is 9.47 Å². The zero-order valence-corrected chi connectivity index (χ0v) is 19.9. The zero-order valence-electron chi connectivity index (χ0n) is 19.9. The summed E-state index contributed by atoms with van der Waals surface area (Å²) >= 11 is 0. The maximum absolute atomic E-state index is 13.2. The van der Waals surface area contributed by atoms with E-state index in [0.717, 1.165) is 11.1 Å². The van der Waals surface area contributed by atoms with Crippen LogP contribution in [0.25, 0.3) is 0 Å². The fraction of sp³-hybridized carbons (Fsp3) is 0.286. The third kappa shape index (κ3) is 6.22. The first-order chi connectivity index (χ1) is 16.2. The maximum Gasteiger partial charge on any atom is 0.337 e. The second-order valence-corrected chi connectivity index (χ2v) is 8.70. The van der Waals surface area contributed by atoms with Crippen molar-refractivity contribution in [2.24, 2.45) is 0 Å². The molecule has 178 valence electrons. The Balaban J connectivity index is 1.75. The average molecular weight is 464 g/mol. The van der Waals surface area contributed by atoms with Crippen molar-refractivity contribution in [3.63, 3.8) is 0 Å². The summed E-state index contributed by atoms with van der Waals surface area (Å²) in [6.07, 6.45) is 0. The number of ether oxygens (including phenoxy) is 2. The number of rotatable bonds is 9. The van der Waals surface area contributed by atoms with Crippen molar-refractivity contribution in [1.29, 1.82) is 0 Å². The van der Waals surface area contributed by atoms with Gasteiger partial charge in [-0.3, -0.25) is 4.79 Å². The Kier molecular flexibility index (Phi) is 8.05. The number of hydrogen-bond acceptors (Lipinski definition) is 4. The van der Waals surface area contributed by atoms with Gasteiger partial charge < -0.3 is 14.8 Å². The summed E-state index contributed by atoms with van der Waals surface area (Å²) in [5.41, 5.74) is 1.47. The Morgan fingerprint density at radius 1 is 0.912 bits per heavy atom. The summed E-state index contributed by atoms with van der Waals surface area (Å²) < 4.78 is 23.8. The molecule has 0 saturated heterocycles. The molecule has 3 rings (SSSR count). The number of amides is 1. The van der Waals surface area contributed by atoms with Crippen LogP contribution in [-0.4, -0.2) is 31.1 Å². The minimum Gasteiger partial charge on any atom is -0.478 e. The molecule has 34 heavy (non-hydrogen) atoms. The van der Waals surface area contributed by atoms with Gasteiger partial charge in [-0.05, 0) is 67.3 Å². The molecule has 0 heterocycles. The van der Waals surface area contributed by atoms with E-state index in [1.54, 1.807) is 26.0 Å². The lowest BCUT2D eigenvalue weighted by molar-refractivity contribution is -0.134. The lowest BCUT2D eigenvalue weighted by atomic mass is 9.82.